The Kier molecular flexibility index (Phi) is 5.30. The zero-order valence-electron chi connectivity index (χ0n) is 15.7. The number of nitrogens with one attached hydrogen (secondary N) is 2. The van der Waals surface area contributed by atoms with E-state index in [0.717, 1.165) is 16.8 Å². The van der Waals surface area contributed by atoms with Crippen LogP contribution < -0.4 is 10.6 Å². The van der Waals surface area contributed by atoms with Crippen molar-refractivity contribution in [3.05, 3.63) is 64.8 Å². The Morgan fingerprint density at radius 2 is 1.78 bits per heavy atom. The van der Waals surface area contributed by atoms with Gasteiger partial charge in [-0.05, 0) is 50.1 Å². The predicted octanol–water partition coefficient (Wildman–Crippen LogP) is 4.07. The van der Waals surface area contributed by atoms with Gasteiger partial charge in [0.25, 0.3) is 0 Å². The van der Waals surface area contributed by atoms with Crippen molar-refractivity contribution in [1.29, 1.82) is 0 Å². The van der Waals surface area contributed by atoms with Crippen LogP contribution in [0.25, 0.3) is 0 Å². The normalized spacial score (nSPS) is 10.4. The molecule has 3 rings (SSSR count). The Labute approximate surface area is 157 Å². The molecule has 0 amide bonds. The van der Waals surface area contributed by atoms with Gasteiger partial charge in [0.1, 0.15) is 0 Å². The molecule has 7 nitrogen and oxygen atoms in total. The van der Waals surface area contributed by atoms with Crippen LogP contribution in [0.2, 0.25) is 0 Å². The van der Waals surface area contributed by atoms with Crippen molar-refractivity contribution in [2.45, 2.75) is 20.8 Å². The van der Waals surface area contributed by atoms with E-state index in [0.29, 0.717) is 23.0 Å². The van der Waals surface area contributed by atoms with Gasteiger partial charge in [-0.1, -0.05) is 23.8 Å². The van der Waals surface area contributed by atoms with Gasteiger partial charge in [-0.2, -0.15) is 10.1 Å². The minimum Gasteiger partial charge on any atom is -0.465 e. The van der Waals surface area contributed by atoms with Crippen LogP contribution in [0.4, 0.5) is 23.1 Å². The summed E-state index contributed by atoms with van der Waals surface area (Å²) in [6, 6.07) is 11.1. The van der Waals surface area contributed by atoms with Crippen molar-refractivity contribution in [3.8, 4) is 0 Å². The molecule has 138 valence electrons. The summed E-state index contributed by atoms with van der Waals surface area (Å²) >= 11 is 0. The van der Waals surface area contributed by atoms with Gasteiger partial charge in [0.15, 0.2) is 5.82 Å². The first-order chi connectivity index (χ1) is 13.0. The summed E-state index contributed by atoms with van der Waals surface area (Å²) in [5.74, 6) is 0.495. The van der Waals surface area contributed by atoms with Gasteiger partial charge in [-0.3, -0.25) is 0 Å². The van der Waals surface area contributed by atoms with Crippen molar-refractivity contribution in [2.24, 2.45) is 0 Å². The van der Waals surface area contributed by atoms with Crippen LogP contribution in [-0.2, 0) is 4.74 Å². The van der Waals surface area contributed by atoms with E-state index in [1.54, 1.807) is 24.4 Å². The topological polar surface area (TPSA) is 89.0 Å². The summed E-state index contributed by atoms with van der Waals surface area (Å²) in [5, 5.41) is 14.4. The SMILES string of the molecule is COC(=O)c1cccc(Nc2nncc(Nc3c(C)cc(C)cc3C)n2)c1. The number of nitrogens with zero attached hydrogens (tertiary/aromatic N) is 3. The smallest absolute Gasteiger partial charge is 0.337 e. The lowest BCUT2D eigenvalue weighted by atomic mass is 10.1. The van der Waals surface area contributed by atoms with E-state index in [1.807, 2.05) is 6.07 Å². The molecule has 0 spiro atoms. The first kappa shape index (κ1) is 18.3. The third-order valence-corrected chi connectivity index (χ3v) is 4.03. The summed E-state index contributed by atoms with van der Waals surface area (Å²) < 4.78 is 4.74. The summed E-state index contributed by atoms with van der Waals surface area (Å²) in [6.45, 7) is 6.17. The second-order valence-electron chi connectivity index (χ2n) is 6.26. The summed E-state index contributed by atoms with van der Waals surface area (Å²) in [4.78, 5) is 16.1. The number of anilines is 4. The number of rotatable bonds is 5. The van der Waals surface area contributed by atoms with Gasteiger partial charge in [-0.15, -0.1) is 5.10 Å². The summed E-state index contributed by atoms with van der Waals surface area (Å²) in [6.07, 6.45) is 1.56. The highest BCUT2D eigenvalue weighted by Crippen LogP contribution is 2.25. The number of ether oxygens (including phenoxy) is 1. The number of methoxy groups -OCH3 is 1. The zero-order valence-corrected chi connectivity index (χ0v) is 15.7. The molecule has 0 radical (unpaired) electrons. The molecule has 27 heavy (non-hydrogen) atoms. The zero-order chi connectivity index (χ0) is 19.4. The molecule has 0 aliphatic heterocycles. The van der Waals surface area contributed by atoms with E-state index in [-0.39, 0.29) is 0 Å². The van der Waals surface area contributed by atoms with Gasteiger partial charge in [0.05, 0.1) is 18.9 Å². The molecule has 0 aliphatic carbocycles. The van der Waals surface area contributed by atoms with Crippen LogP contribution in [0.5, 0.6) is 0 Å². The van der Waals surface area contributed by atoms with Crippen LogP contribution in [0.15, 0.2) is 42.6 Å². The monoisotopic (exact) mass is 363 g/mol. The van der Waals surface area contributed by atoms with Gasteiger partial charge in [0.2, 0.25) is 5.95 Å². The van der Waals surface area contributed by atoms with Crippen molar-refractivity contribution >= 4 is 29.1 Å². The van der Waals surface area contributed by atoms with Gasteiger partial charge in [-0.25, -0.2) is 4.79 Å². The quantitative estimate of drug-likeness (QED) is 0.660. The fourth-order valence-corrected chi connectivity index (χ4v) is 2.89. The van der Waals surface area contributed by atoms with Crippen LogP contribution in [0.3, 0.4) is 0 Å². The molecule has 0 atom stereocenters. The minimum absolute atomic E-state index is 0.324. The number of esters is 1. The molecule has 1 heterocycles. The molecule has 1 aromatic heterocycles. The van der Waals surface area contributed by atoms with Crippen LogP contribution in [0.1, 0.15) is 27.0 Å². The maximum atomic E-state index is 11.7. The molecule has 0 saturated carbocycles. The highest BCUT2D eigenvalue weighted by Gasteiger charge is 2.09. The second kappa shape index (κ2) is 7.82. The second-order valence-corrected chi connectivity index (χ2v) is 6.26. The molecule has 0 aliphatic rings. The van der Waals surface area contributed by atoms with Crippen molar-refractivity contribution < 1.29 is 9.53 Å². The predicted molar refractivity (Wildman–Crippen MR) is 105 cm³/mol. The molecular weight excluding hydrogens is 342 g/mol. The third kappa shape index (κ3) is 4.38. The maximum absolute atomic E-state index is 11.7. The number of aromatic nitrogens is 3. The Hall–Kier alpha value is -3.48. The average molecular weight is 363 g/mol. The van der Waals surface area contributed by atoms with Crippen LogP contribution in [0, 0.1) is 20.8 Å². The van der Waals surface area contributed by atoms with Crippen molar-refractivity contribution in [2.75, 3.05) is 17.7 Å². The van der Waals surface area contributed by atoms with Crippen molar-refractivity contribution in [1.82, 2.24) is 15.2 Å². The summed E-state index contributed by atoms with van der Waals surface area (Å²) in [7, 11) is 1.35. The number of hydrogen-bond acceptors (Lipinski definition) is 7. The lowest BCUT2D eigenvalue weighted by Crippen LogP contribution is -2.05. The van der Waals surface area contributed by atoms with Gasteiger partial charge in [0, 0.05) is 11.4 Å². The van der Waals surface area contributed by atoms with E-state index in [2.05, 4.69) is 58.7 Å². The minimum atomic E-state index is -0.404. The molecule has 0 unspecified atom stereocenters. The maximum Gasteiger partial charge on any atom is 0.337 e. The first-order valence-corrected chi connectivity index (χ1v) is 8.46. The lowest BCUT2D eigenvalue weighted by Gasteiger charge is -2.13. The number of carbonyl (C=O) groups is 1. The number of aryl methyl sites for hydroxylation is 3. The molecular formula is C20H21N5O2. The highest BCUT2D eigenvalue weighted by atomic mass is 16.5. The molecule has 2 aromatic carbocycles. The Morgan fingerprint density at radius 3 is 2.48 bits per heavy atom. The van der Waals surface area contributed by atoms with E-state index >= 15 is 0 Å². The fourth-order valence-electron chi connectivity index (χ4n) is 2.89. The van der Waals surface area contributed by atoms with Gasteiger partial charge >= 0.3 is 5.97 Å². The Bertz CT molecular complexity index is 965. The van der Waals surface area contributed by atoms with Crippen LogP contribution >= 0.6 is 0 Å². The number of hydrogen-bond donors (Lipinski definition) is 2. The van der Waals surface area contributed by atoms with Gasteiger partial charge < -0.3 is 15.4 Å². The number of benzene rings is 2. The van der Waals surface area contributed by atoms with E-state index in [9.17, 15) is 4.79 Å². The average Bonchev–Trinajstić information content (AvgIpc) is 2.64. The standard InChI is InChI=1S/C20H21N5O2/c1-12-8-13(2)18(14(3)9-12)23-17-11-21-25-20(24-17)22-16-7-5-6-15(10-16)19(26)27-4/h5-11H,1-4H3,(H2,22,23,24,25). The van der Waals surface area contributed by atoms with Crippen LogP contribution in [-0.4, -0.2) is 28.3 Å². The molecule has 0 fully saturated rings. The Morgan fingerprint density at radius 1 is 1.04 bits per heavy atom. The fraction of sp³-hybridized carbons (Fsp3) is 0.200. The lowest BCUT2D eigenvalue weighted by molar-refractivity contribution is 0.0601. The molecule has 3 aromatic rings. The molecule has 0 bridgehead atoms. The third-order valence-electron chi connectivity index (χ3n) is 4.03. The largest absolute Gasteiger partial charge is 0.465 e. The number of carbonyl (C=O) groups excluding carboxylic acids is 1. The summed E-state index contributed by atoms with van der Waals surface area (Å²) in [5.41, 5.74) is 5.58. The van der Waals surface area contributed by atoms with E-state index in [1.165, 1.54) is 12.7 Å². The van der Waals surface area contributed by atoms with Crippen molar-refractivity contribution in [3.63, 3.8) is 0 Å². The van der Waals surface area contributed by atoms with E-state index < -0.39 is 5.97 Å². The highest BCUT2D eigenvalue weighted by molar-refractivity contribution is 5.90. The van der Waals surface area contributed by atoms with E-state index in [4.69, 9.17) is 4.74 Å². The molecule has 0 saturated heterocycles. The first-order valence-electron chi connectivity index (χ1n) is 8.46. The molecule has 2 N–H and O–H groups in total. The molecule has 7 heteroatoms. The Balaban J connectivity index is 1.82.